The third-order valence-electron chi connectivity index (χ3n) is 5.16. The predicted molar refractivity (Wildman–Crippen MR) is 104 cm³/mol. The Balaban J connectivity index is 1.44. The largest absolute Gasteiger partial charge is 0.491 e. The highest BCUT2D eigenvalue weighted by atomic mass is 16.8. The van der Waals surface area contributed by atoms with Crippen molar-refractivity contribution in [2.24, 2.45) is 0 Å². The maximum absolute atomic E-state index is 6.30. The van der Waals surface area contributed by atoms with E-state index in [4.69, 9.17) is 33.2 Å². The summed E-state index contributed by atoms with van der Waals surface area (Å²) in [5.41, 5.74) is 1.05. The highest BCUT2D eigenvalue weighted by Gasteiger charge is 2.58. The summed E-state index contributed by atoms with van der Waals surface area (Å²) in [6.45, 7) is 12.5. The summed E-state index contributed by atoms with van der Waals surface area (Å²) < 4.78 is 41.9. The molecule has 0 saturated carbocycles. The van der Waals surface area contributed by atoms with Crippen LogP contribution >= 0.6 is 0 Å². The maximum Gasteiger partial charge on any atom is 0.190 e. The zero-order valence-electron chi connectivity index (χ0n) is 18.0. The van der Waals surface area contributed by atoms with Gasteiger partial charge in [0.25, 0.3) is 0 Å². The summed E-state index contributed by atoms with van der Waals surface area (Å²) in [6, 6.07) is 7.93. The van der Waals surface area contributed by atoms with Gasteiger partial charge in [-0.1, -0.05) is 12.1 Å². The van der Waals surface area contributed by atoms with E-state index in [1.54, 1.807) is 0 Å². The molecule has 4 rings (SSSR count). The van der Waals surface area contributed by atoms with E-state index in [0.29, 0.717) is 13.2 Å². The summed E-state index contributed by atoms with van der Waals surface area (Å²) in [7, 11) is 0. The number of fused-ring (bicyclic) bond motifs is 1. The second-order valence-electron chi connectivity index (χ2n) is 9.02. The molecule has 7 heteroatoms. The maximum atomic E-state index is 6.30. The third-order valence-corrected chi connectivity index (χ3v) is 5.16. The van der Waals surface area contributed by atoms with Crippen molar-refractivity contribution in [3.05, 3.63) is 29.8 Å². The zero-order chi connectivity index (χ0) is 20.8. The lowest BCUT2D eigenvalue weighted by atomic mass is 10.1. The molecule has 5 atom stereocenters. The van der Waals surface area contributed by atoms with Gasteiger partial charge in [-0.2, -0.15) is 0 Å². The molecule has 7 nitrogen and oxygen atoms in total. The fourth-order valence-electron chi connectivity index (χ4n) is 4.00. The fraction of sp³-hybridized carbons (Fsp3) is 0.727. The Morgan fingerprint density at radius 2 is 1.69 bits per heavy atom. The molecule has 0 amide bonds. The molecule has 3 heterocycles. The van der Waals surface area contributed by atoms with Crippen LogP contribution < -0.4 is 4.74 Å². The molecule has 0 aliphatic carbocycles. The molecule has 0 aromatic heterocycles. The van der Waals surface area contributed by atoms with E-state index in [2.05, 4.69) is 0 Å². The first-order valence-corrected chi connectivity index (χ1v) is 10.3. The Morgan fingerprint density at radius 3 is 2.31 bits per heavy atom. The molecule has 3 aliphatic heterocycles. The first-order chi connectivity index (χ1) is 13.6. The zero-order valence-corrected chi connectivity index (χ0v) is 18.0. The van der Waals surface area contributed by atoms with Crippen molar-refractivity contribution in [1.29, 1.82) is 0 Å². The molecule has 0 spiro atoms. The molecule has 29 heavy (non-hydrogen) atoms. The molecular weight excluding hydrogens is 376 g/mol. The highest BCUT2D eigenvalue weighted by Crippen LogP contribution is 2.42. The van der Waals surface area contributed by atoms with Gasteiger partial charge in [0, 0.05) is 0 Å². The fourth-order valence-corrected chi connectivity index (χ4v) is 4.00. The molecule has 1 aromatic rings. The molecule has 0 bridgehead atoms. The second-order valence-corrected chi connectivity index (χ2v) is 9.02. The summed E-state index contributed by atoms with van der Waals surface area (Å²) in [4.78, 5) is 0. The lowest BCUT2D eigenvalue weighted by molar-refractivity contribution is -0.236. The van der Waals surface area contributed by atoms with Gasteiger partial charge in [-0.05, 0) is 59.2 Å². The molecule has 162 valence electrons. The van der Waals surface area contributed by atoms with Crippen molar-refractivity contribution >= 4 is 0 Å². The minimum Gasteiger partial charge on any atom is -0.491 e. The summed E-state index contributed by atoms with van der Waals surface area (Å²) in [5.74, 6) is -0.494. The summed E-state index contributed by atoms with van der Waals surface area (Å²) in [5, 5.41) is 0. The van der Waals surface area contributed by atoms with E-state index < -0.39 is 17.9 Å². The van der Waals surface area contributed by atoms with Gasteiger partial charge in [0.2, 0.25) is 0 Å². The Bertz CT molecular complexity index is 700. The average molecular weight is 408 g/mol. The van der Waals surface area contributed by atoms with E-state index in [-0.39, 0.29) is 30.5 Å². The molecule has 0 radical (unpaired) electrons. The van der Waals surface area contributed by atoms with E-state index >= 15 is 0 Å². The summed E-state index contributed by atoms with van der Waals surface area (Å²) >= 11 is 0. The van der Waals surface area contributed by atoms with Crippen LogP contribution in [-0.2, 0) is 35.0 Å². The van der Waals surface area contributed by atoms with E-state index in [9.17, 15) is 0 Å². The topological polar surface area (TPSA) is 64.6 Å². The van der Waals surface area contributed by atoms with Crippen LogP contribution in [0.4, 0.5) is 0 Å². The SMILES string of the molecule is CC(C)Oc1ccc(COC2C(C3COC(C)(C)O3)OC3OC(C)(C)OC32)cc1. The monoisotopic (exact) mass is 408 g/mol. The van der Waals surface area contributed by atoms with Gasteiger partial charge in [-0.3, -0.25) is 0 Å². The van der Waals surface area contributed by atoms with Crippen LogP contribution in [-0.4, -0.2) is 55.0 Å². The number of hydrogen-bond acceptors (Lipinski definition) is 7. The number of rotatable bonds is 6. The Labute approximate surface area is 172 Å². The lowest BCUT2D eigenvalue weighted by Crippen LogP contribution is -2.44. The minimum atomic E-state index is -0.704. The average Bonchev–Trinajstić information content (AvgIpc) is 3.23. The van der Waals surface area contributed by atoms with Crippen molar-refractivity contribution in [3.8, 4) is 5.75 Å². The van der Waals surface area contributed by atoms with E-state index in [1.165, 1.54) is 0 Å². The Hall–Kier alpha value is -1.22. The van der Waals surface area contributed by atoms with Crippen LogP contribution in [0.5, 0.6) is 5.75 Å². The summed E-state index contributed by atoms with van der Waals surface area (Å²) in [6.07, 6.45) is -1.54. The Morgan fingerprint density at radius 1 is 0.966 bits per heavy atom. The first kappa shape index (κ1) is 21.0. The van der Waals surface area contributed by atoms with Crippen molar-refractivity contribution < 1.29 is 33.2 Å². The lowest BCUT2D eigenvalue weighted by Gasteiger charge is -2.29. The van der Waals surface area contributed by atoms with Crippen molar-refractivity contribution in [1.82, 2.24) is 0 Å². The second kappa shape index (κ2) is 7.80. The van der Waals surface area contributed by atoms with E-state index in [1.807, 2.05) is 65.8 Å². The van der Waals surface area contributed by atoms with Crippen LogP contribution in [0.25, 0.3) is 0 Å². The molecule has 0 N–H and O–H groups in total. The number of ether oxygens (including phenoxy) is 7. The highest BCUT2D eigenvalue weighted by molar-refractivity contribution is 5.27. The molecular formula is C22H32O7. The first-order valence-electron chi connectivity index (χ1n) is 10.3. The van der Waals surface area contributed by atoms with Gasteiger partial charge in [0.1, 0.15) is 30.2 Å². The van der Waals surface area contributed by atoms with E-state index in [0.717, 1.165) is 11.3 Å². The van der Waals surface area contributed by atoms with Crippen LogP contribution in [0.15, 0.2) is 24.3 Å². The Kier molecular flexibility index (Phi) is 5.65. The molecule has 3 aliphatic rings. The standard InChI is InChI=1S/C22H32O7/c1-13(2)25-15-9-7-14(8-10-15)11-23-18-17(16-12-24-21(3,4)27-16)26-20-19(18)28-22(5,6)29-20/h7-10,13,16-20H,11-12H2,1-6H3. The minimum absolute atomic E-state index is 0.145. The van der Waals surface area contributed by atoms with Crippen molar-refractivity contribution in [2.75, 3.05) is 6.61 Å². The molecule has 1 aromatic carbocycles. The van der Waals surface area contributed by atoms with Gasteiger partial charge >= 0.3 is 0 Å². The van der Waals surface area contributed by atoms with Gasteiger partial charge in [-0.25, -0.2) is 0 Å². The van der Waals surface area contributed by atoms with Crippen LogP contribution in [0.1, 0.15) is 47.1 Å². The normalized spacial score (nSPS) is 35.2. The molecule has 5 unspecified atom stereocenters. The van der Waals surface area contributed by atoms with Crippen molar-refractivity contribution in [2.45, 2.75) is 96.5 Å². The molecule has 3 saturated heterocycles. The van der Waals surface area contributed by atoms with Crippen molar-refractivity contribution in [3.63, 3.8) is 0 Å². The van der Waals surface area contributed by atoms with Gasteiger partial charge in [-0.15, -0.1) is 0 Å². The van der Waals surface area contributed by atoms with Crippen LogP contribution in [0, 0.1) is 0 Å². The number of benzene rings is 1. The van der Waals surface area contributed by atoms with Gasteiger partial charge in [0.05, 0.1) is 19.3 Å². The smallest absolute Gasteiger partial charge is 0.190 e. The third kappa shape index (κ3) is 4.76. The number of hydrogen-bond donors (Lipinski definition) is 0. The predicted octanol–water partition coefficient (Wildman–Crippen LogP) is 3.39. The van der Waals surface area contributed by atoms with Crippen LogP contribution in [0.2, 0.25) is 0 Å². The van der Waals surface area contributed by atoms with Gasteiger partial charge in [0.15, 0.2) is 17.9 Å². The van der Waals surface area contributed by atoms with Gasteiger partial charge < -0.3 is 33.2 Å². The quantitative estimate of drug-likeness (QED) is 0.715. The molecule has 3 fully saturated rings. The van der Waals surface area contributed by atoms with Crippen LogP contribution in [0.3, 0.4) is 0 Å².